The molecular weight excluding hydrogens is 280 g/mol. The first-order valence-electron chi connectivity index (χ1n) is 8.89. The Bertz CT molecular complexity index is 312. The summed E-state index contributed by atoms with van der Waals surface area (Å²) in [6.07, 6.45) is 3.39. The van der Waals surface area contributed by atoms with E-state index in [0.29, 0.717) is 6.42 Å². The van der Waals surface area contributed by atoms with E-state index in [9.17, 15) is 15.0 Å². The first-order valence-corrected chi connectivity index (χ1v) is 8.89. The van der Waals surface area contributed by atoms with Gasteiger partial charge in [0.1, 0.15) is 12.6 Å². The standard InChI is InChI=1S/C9H19N2O.C8H16O2/c1-9(12)8-11-5-2-10(3-6-11)4-7-11;1-3-5-6-7(4-2)8(9)10/h9,12H,2-8H2,1H3;7H,3-6H2,1-2H3,(H,9,10)/q+1;/p-1. The summed E-state index contributed by atoms with van der Waals surface area (Å²) >= 11 is 0. The number of nitrogens with zero attached hydrogens (tertiary/aromatic N) is 2. The van der Waals surface area contributed by atoms with E-state index in [0.717, 1.165) is 25.8 Å². The van der Waals surface area contributed by atoms with Crippen LogP contribution < -0.4 is 5.11 Å². The minimum atomic E-state index is -0.893. The number of carbonyl (C=O) groups is 1. The van der Waals surface area contributed by atoms with Crippen LogP contribution in [-0.2, 0) is 4.79 Å². The van der Waals surface area contributed by atoms with Gasteiger partial charge in [0, 0.05) is 25.6 Å². The van der Waals surface area contributed by atoms with E-state index < -0.39 is 5.97 Å². The minimum absolute atomic E-state index is 0.130. The molecule has 5 nitrogen and oxygen atoms in total. The van der Waals surface area contributed by atoms with Crippen LogP contribution >= 0.6 is 0 Å². The first-order chi connectivity index (χ1) is 10.4. The summed E-state index contributed by atoms with van der Waals surface area (Å²) in [5.41, 5.74) is 0. The van der Waals surface area contributed by atoms with E-state index in [1.165, 1.54) is 43.8 Å². The third-order valence-corrected chi connectivity index (χ3v) is 5.06. The molecule has 0 aliphatic carbocycles. The molecule has 2 unspecified atom stereocenters. The van der Waals surface area contributed by atoms with Gasteiger partial charge in [-0.15, -0.1) is 0 Å². The Morgan fingerprint density at radius 3 is 2.14 bits per heavy atom. The van der Waals surface area contributed by atoms with Crippen molar-refractivity contribution in [3.63, 3.8) is 0 Å². The van der Waals surface area contributed by atoms with Crippen molar-refractivity contribution in [2.75, 3.05) is 45.8 Å². The molecule has 3 fully saturated rings. The molecular formula is C17H34N2O3. The predicted octanol–water partition coefficient (Wildman–Crippen LogP) is 0.466. The Morgan fingerprint density at radius 1 is 1.23 bits per heavy atom. The van der Waals surface area contributed by atoms with Gasteiger partial charge in [-0.1, -0.05) is 26.7 Å². The summed E-state index contributed by atoms with van der Waals surface area (Å²) in [6.45, 7) is 14.3. The number of carboxylic acid groups (broad SMARTS) is 1. The highest BCUT2D eigenvalue weighted by Gasteiger charge is 2.38. The number of hydrogen-bond acceptors (Lipinski definition) is 4. The lowest BCUT2D eigenvalue weighted by Gasteiger charge is -2.51. The number of aliphatic hydroxyl groups is 1. The number of fused-ring (bicyclic) bond motifs is 3. The van der Waals surface area contributed by atoms with E-state index in [2.05, 4.69) is 11.8 Å². The molecule has 0 aromatic rings. The average molecular weight is 314 g/mol. The molecule has 2 bridgehead atoms. The zero-order chi connectivity index (χ0) is 16.6. The molecule has 3 saturated heterocycles. The molecule has 0 saturated carbocycles. The monoisotopic (exact) mass is 314 g/mol. The Balaban J connectivity index is 0.000000225. The highest BCUT2D eigenvalue weighted by Crippen LogP contribution is 2.19. The minimum Gasteiger partial charge on any atom is -0.550 e. The van der Waals surface area contributed by atoms with Gasteiger partial charge in [0.15, 0.2) is 0 Å². The van der Waals surface area contributed by atoms with Crippen LogP contribution in [0.1, 0.15) is 46.5 Å². The fourth-order valence-electron chi connectivity index (χ4n) is 3.51. The predicted molar refractivity (Wildman–Crippen MR) is 86.2 cm³/mol. The molecule has 22 heavy (non-hydrogen) atoms. The molecule has 0 spiro atoms. The normalized spacial score (nSPS) is 29.4. The Morgan fingerprint density at radius 2 is 1.77 bits per heavy atom. The third-order valence-electron chi connectivity index (χ3n) is 5.06. The van der Waals surface area contributed by atoms with Crippen molar-refractivity contribution in [3.8, 4) is 0 Å². The Kier molecular flexibility index (Phi) is 8.36. The van der Waals surface area contributed by atoms with Crippen LogP contribution in [0.25, 0.3) is 0 Å². The summed E-state index contributed by atoms with van der Waals surface area (Å²) < 4.78 is 1.17. The Hall–Kier alpha value is -0.650. The number of quaternary nitrogens is 1. The maximum absolute atomic E-state index is 10.3. The van der Waals surface area contributed by atoms with Crippen LogP contribution in [0.2, 0.25) is 0 Å². The summed E-state index contributed by atoms with van der Waals surface area (Å²) in [4.78, 5) is 12.9. The molecule has 3 aliphatic rings. The molecule has 130 valence electrons. The van der Waals surface area contributed by atoms with Gasteiger partial charge < -0.3 is 19.5 Å². The van der Waals surface area contributed by atoms with Crippen LogP contribution in [0.5, 0.6) is 0 Å². The van der Waals surface area contributed by atoms with Gasteiger partial charge in [0.2, 0.25) is 0 Å². The van der Waals surface area contributed by atoms with Gasteiger partial charge >= 0.3 is 0 Å². The van der Waals surface area contributed by atoms with Crippen molar-refractivity contribution in [1.82, 2.24) is 4.90 Å². The number of unbranched alkanes of at least 4 members (excludes halogenated alkanes) is 1. The van der Waals surface area contributed by atoms with E-state index in [4.69, 9.17) is 0 Å². The molecule has 5 heteroatoms. The lowest BCUT2D eigenvalue weighted by atomic mass is 10.00. The van der Waals surface area contributed by atoms with Crippen LogP contribution in [0.3, 0.4) is 0 Å². The molecule has 0 aromatic carbocycles. The smallest absolute Gasteiger partial charge is 0.105 e. The quantitative estimate of drug-likeness (QED) is 0.694. The fourth-order valence-corrected chi connectivity index (χ4v) is 3.51. The van der Waals surface area contributed by atoms with Crippen LogP contribution in [-0.4, -0.2) is 72.4 Å². The maximum atomic E-state index is 10.3. The van der Waals surface area contributed by atoms with Gasteiger partial charge in [0.05, 0.1) is 19.6 Å². The molecule has 0 radical (unpaired) electrons. The second-order valence-electron chi connectivity index (χ2n) is 6.95. The number of rotatable bonds is 7. The van der Waals surface area contributed by atoms with Crippen molar-refractivity contribution in [2.45, 2.75) is 52.6 Å². The van der Waals surface area contributed by atoms with Crippen molar-refractivity contribution in [1.29, 1.82) is 0 Å². The second kappa shape index (κ2) is 9.48. The topological polar surface area (TPSA) is 63.6 Å². The third kappa shape index (κ3) is 6.23. The highest BCUT2D eigenvalue weighted by molar-refractivity contribution is 5.67. The molecule has 2 atom stereocenters. The van der Waals surface area contributed by atoms with Crippen molar-refractivity contribution in [3.05, 3.63) is 0 Å². The van der Waals surface area contributed by atoms with Gasteiger partial charge in [-0.3, -0.25) is 4.90 Å². The number of aliphatic carboxylic acids is 1. The molecule has 0 amide bonds. The number of carboxylic acids is 1. The van der Waals surface area contributed by atoms with Crippen molar-refractivity contribution >= 4 is 5.97 Å². The summed E-state index contributed by atoms with van der Waals surface area (Å²) in [5.74, 6) is -1.11. The van der Waals surface area contributed by atoms with E-state index in [1.54, 1.807) is 0 Å². The lowest BCUT2D eigenvalue weighted by molar-refractivity contribution is -0.943. The van der Waals surface area contributed by atoms with E-state index in [1.807, 2.05) is 13.8 Å². The van der Waals surface area contributed by atoms with Crippen molar-refractivity contribution < 1.29 is 19.5 Å². The molecule has 3 heterocycles. The zero-order valence-electron chi connectivity index (χ0n) is 14.6. The van der Waals surface area contributed by atoms with Crippen LogP contribution in [0.4, 0.5) is 0 Å². The van der Waals surface area contributed by atoms with Crippen LogP contribution in [0.15, 0.2) is 0 Å². The van der Waals surface area contributed by atoms with E-state index >= 15 is 0 Å². The van der Waals surface area contributed by atoms with Gasteiger partial charge in [-0.25, -0.2) is 0 Å². The van der Waals surface area contributed by atoms with Crippen molar-refractivity contribution in [2.24, 2.45) is 5.92 Å². The molecule has 0 aromatic heterocycles. The zero-order valence-corrected chi connectivity index (χ0v) is 14.6. The molecule has 3 aliphatic heterocycles. The fraction of sp³-hybridized carbons (Fsp3) is 0.941. The molecule has 3 rings (SSSR count). The first kappa shape index (κ1) is 19.4. The number of carbonyl (C=O) groups excluding carboxylic acids is 1. The average Bonchev–Trinajstić information content (AvgIpc) is 2.49. The van der Waals surface area contributed by atoms with E-state index in [-0.39, 0.29) is 12.0 Å². The van der Waals surface area contributed by atoms with Gasteiger partial charge in [-0.2, -0.15) is 0 Å². The number of piperazine rings is 3. The Labute approximate surface area is 135 Å². The van der Waals surface area contributed by atoms with Gasteiger partial charge in [0.25, 0.3) is 0 Å². The lowest BCUT2D eigenvalue weighted by Crippen LogP contribution is -2.68. The largest absolute Gasteiger partial charge is 0.550 e. The summed E-state index contributed by atoms with van der Waals surface area (Å²) in [7, 11) is 0. The number of aliphatic hydroxyl groups excluding tert-OH is 1. The maximum Gasteiger partial charge on any atom is 0.105 e. The summed E-state index contributed by atoms with van der Waals surface area (Å²) in [6, 6.07) is 0. The SMILES string of the molecule is CC(O)C[N+]12CCN(CC1)CC2.CCCCC(CC)C(=O)[O-]. The second-order valence-corrected chi connectivity index (χ2v) is 6.95. The summed E-state index contributed by atoms with van der Waals surface area (Å²) in [5, 5.41) is 19.7. The van der Waals surface area contributed by atoms with Crippen LogP contribution in [0, 0.1) is 5.92 Å². The number of hydrogen-bond donors (Lipinski definition) is 1. The highest BCUT2D eigenvalue weighted by atomic mass is 16.4. The molecule has 1 N–H and O–H groups in total. The van der Waals surface area contributed by atoms with Gasteiger partial charge in [-0.05, 0) is 25.7 Å².